The van der Waals surface area contributed by atoms with Gasteiger partial charge < -0.3 is 15.0 Å². The Kier molecular flexibility index (Phi) is 9.06. The van der Waals surface area contributed by atoms with Crippen LogP contribution in [0.3, 0.4) is 0 Å². The zero-order valence-electron chi connectivity index (χ0n) is 20.8. The Balaban J connectivity index is 1.70. The van der Waals surface area contributed by atoms with Gasteiger partial charge >= 0.3 is 5.97 Å². The summed E-state index contributed by atoms with van der Waals surface area (Å²) in [5.74, 6) is -1.33. The molecule has 0 radical (unpaired) electrons. The van der Waals surface area contributed by atoms with Crippen LogP contribution in [0, 0.1) is 5.82 Å². The van der Waals surface area contributed by atoms with Crippen LogP contribution in [0.5, 0.6) is 0 Å². The third-order valence-electron chi connectivity index (χ3n) is 6.65. The average molecular weight is 523 g/mol. The first kappa shape index (κ1) is 26.5. The van der Waals surface area contributed by atoms with Crippen molar-refractivity contribution in [3.8, 4) is 0 Å². The summed E-state index contributed by atoms with van der Waals surface area (Å²) in [4.78, 5) is 42.0. The van der Waals surface area contributed by atoms with Gasteiger partial charge in [0, 0.05) is 17.5 Å². The SMILES string of the molecule is COC(=O)c1ccc([C@H](C(=O)NC2CCCCC2)N(Cc2ccc(F)cc2)C(=O)Cc2cccs2)cc1. The second-order valence-electron chi connectivity index (χ2n) is 9.26. The van der Waals surface area contributed by atoms with Gasteiger partial charge in [-0.25, -0.2) is 9.18 Å². The van der Waals surface area contributed by atoms with E-state index in [2.05, 4.69) is 5.32 Å². The molecule has 1 aliphatic rings. The third kappa shape index (κ3) is 7.04. The standard InChI is InChI=1S/C29H31FN2O4S/c1-36-29(35)22-13-11-21(12-14-22)27(28(34)31-24-6-3-2-4-7-24)32(19-20-9-15-23(30)16-10-20)26(33)18-25-8-5-17-37-25/h5,8-17,24,27H,2-4,6-7,18-19H2,1H3,(H,31,34)/t27-/m1/s1. The third-order valence-corrected chi connectivity index (χ3v) is 7.53. The highest BCUT2D eigenvalue weighted by Crippen LogP contribution is 2.28. The van der Waals surface area contributed by atoms with E-state index in [1.807, 2.05) is 17.5 Å². The van der Waals surface area contributed by atoms with Crippen LogP contribution in [-0.4, -0.2) is 35.8 Å². The quantitative estimate of drug-likeness (QED) is 0.380. The molecule has 1 atom stereocenters. The molecule has 1 aromatic heterocycles. The molecule has 1 saturated carbocycles. The predicted molar refractivity (Wildman–Crippen MR) is 141 cm³/mol. The van der Waals surface area contributed by atoms with Gasteiger partial charge in [0.25, 0.3) is 0 Å². The Morgan fingerprint density at radius 2 is 1.73 bits per heavy atom. The van der Waals surface area contributed by atoms with Gasteiger partial charge in [-0.3, -0.25) is 9.59 Å². The van der Waals surface area contributed by atoms with Crippen LogP contribution in [0.25, 0.3) is 0 Å². The first-order valence-electron chi connectivity index (χ1n) is 12.5. The van der Waals surface area contributed by atoms with Crippen LogP contribution in [0.15, 0.2) is 66.0 Å². The molecular formula is C29H31FN2O4S. The van der Waals surface area contributed by atoms with Gasteiger partial charge in [-0.15, -0.1) is 11.3 Å². The van der Waals surface area contributed by atoms with Crippen LogP contribution >= 0.6 is 11.3 Å². The Labute approximate surface area is 220 Å². The van der Waals surface area contributed by atoms with Crippen molar-refractivity contribution in [3.05, 3.63) is 93.4 Å². The zero-order chi connectivity index (χ0) is 26.2. The number of carbonyl (C=O) groups is 3. The number of halogens is 1. The van der Waals surface area contributed by atoms with Crippen molar-refractivity contribution in [1.82, 2.24) is 10.2 Å². The smallest absolute Gasteiger partial charge is 0.337 e. The number of rotatable bonds is 9. The van der Waals surface area contributed by atoms with Crippen molar-refractivity contribution >= 4 is 29.1 Å². The van der Waals surface area contributed by atoms with Gasteiger partial charge in [0.15, 0.2) is 0 Å². The minimum absolute atomic E-state index is 0.0539. The molecule has 37 heavy (non-hydrogen) atoms. The lowest BCUT2D eigenvalue weighted by atomic mass is 9.94. The van der Waals surface area contributed by atoms with Crippen LogP contribution in [0.2, 0.25) is 0 Å². The maximum atomic E-state index is 13.8. The number of nitrogens with one attached hydrogen (secondary N) is 1. The molecule has 3 aromatic rings. The minimum Gasteiger partial charge on any atom is -0.465 e. The number of benzene rings is 2. The van der Waals surface area contributed by atoms with Crippen LogP contribution in [0.1, 0.15) is 64.5 Å². The van der Waals surface area contributed by atoms with E-state index in [0.717, 1.165) is 37.0 Å². The van der Waals surface area contributed by atoms with Gasteiger partial charge in [0.2, 0.25) is 11.8 Å². The average Bonchev–Trinajstić information content (AvgIpc) is 3.43. The van der Waals surface area contributed by atoms with Crippen molar-refractivity contribution in [2.24, 2.45) is 0 Å². The number of ether oxygens (including phenoxy) is 1. The molecule has 0 saturated heterocycles. The molecule has 6 nitrogen and oxygen atoms in total. The molecule has 0 aliphatic heterocycles. The lowest BCUT2D eigenvalue weighted by Gasteiger charge is -2.33. The van der Waals surface area contributed by atoms with E-state index in [1.54, 1.807) is 41.3 Å². The lowest BCUT2D eigenvalue weighted by Crippen LogP contribution is -2.47. The van der Waals surface area contributed by atoms with E-state index in [-0.39, 0.29) is 36.6 Å². The van der Waals surface area contributed by atoms with Gasteiger partial charge in [-0.05, 0) is 59.7 Å². The Morgan fingerprint density at radius 1 is 1.03 bits per heavy atom. The highest BCUT2D eigenvalue weighted by atomic mass is 32.1. The van der Waals surface area contributed by atoms with Gasteiger partial charge in [0.05, 0.1) is 19.1 Å². The van der Waals surface area contributed by atoms with E-state index in [1.165, 1.54) is 30.6 Å². The maximum Gasteiger partial charge on any atom is 0.337 e. The molecule has 0 bridgehead atoms. The summed E-state index contributed by atoms with van der Waals surface area (Å²) in [6.45, 7) is 0.131. The molecule has 2 aromatic carbocycles. The van der Waals surface area contributed by atoms with Crippen molar-refractivity contribution in [2.75, 3.05) is 7.11 Å². The highest BCUT2D eigenvalue weighted by Gasteiger charge is 2.33. The van der Waals surface area contributed by atoms with Crippen molar-refractivity contribution in [3.63, 3.8) is 0 Å². The Morgan fingerprint density at radius 3 is 2.35 bits per heavy atom. The molecule has 8 heteroatoms. The number of methoxy groups -OCH3 is 1. The van der Waals surface area contributed by atoms with Crippen molar-refractivity contribution in [2.45, 2.75) is 57.2 Å². The topological polar surface area (TPSA) is 75.7 Å². The lowest BCUT2D eigenvalue weighted by molar-refractivity contribution is -0.141. The van der Waals surface area contributed by atoms with E-state index in [0.29, 0.717) is 16.7 Å². The molecule has 1 fully saturated rings. The summed E-state index contributed by atoms with van der Waals surface area (Å²) in [6, 6.07) is 15.4. The monoisotopic (exact) mass is 522 g/mol. The largest absolute Gasteiger partial charge is 0.465 e. The summed E-state index contributed by atoms with van der Waals surface area (Å²) < 4.78 is 18.4. The van der Waals surface area contributed by atoms with Gasteiger partial charge in [-0.2, -0.15) is 0 Å². The Hall–Kier alpha value is -3.52. The molecule has 1 N–H and O–H groups in total. The molecule has 1 aliphatic carbocycles. The van der Waals surface area contributed by atoms with E-state index in [9.17, 15) is 18.8 Å². The molecule has 1 heterocycles. The number of hydrogen-bond donors (Lipinski definition) is 1. The number of hydrogen-bond acceptors (Lipinski definition) is 5. The van der Waals surface area contributed by atoms with Crippen molar-refractivity contribution in [1.29, 1.82) is 0 Å². The van der Waals surface area contributed by atoms with Crippen LogP contribution in [-0.2, 0) is 27.3 Å². The fraction of sp³-hybridized carbons (Fsp3) is 0.345. The van der Waals surface area contributed by atoms with Crippen LogP contribution in [0.4, 0.5) is 4.39 Å². The first-order chi connectivity index (χ1) is 17.9. The van der Waals surface area contributed by atoms with Crippen LogP contribution < -0.4 is 5.32 Å². The predicted octanol–water partition coefficient (Wildman–Crippen LogP) is 5.44. The number of nitrogens with zero attached hydrogens (tertiary/aromatic N) is 1. The van der Waals surface area contributed by atoms with E-state index >= 15 is 0 Å². The Bertz CT molecular complexity index is 1190. The number of esters is 1. The molecule has 0 unspecified atom stereocenters. The molecular weight excluding hydrogens is 491 g/mol. The summed E-state index contributed by atoms with van der Waals surface area (Å²) in [6.07, 6.45) is 5.22. The second-order valence-corrected chi connectivity index (χ2v) is 10.3. The summed E-state index contributed by atoms with van der Waals surface area (Å²) in [5, 5.41) is 5.08. The van der Waals surface area contributed by atoms with Gasteiger partial charge in [0.1, 0.15) is 11.9 Å². The summed E-state index contributed by atoms with van der Waals surface area (Å²) in [5.41, 5.74) is 1.65. The van der Waals surface area contributed by atoms with Crippen molar-refractivity contribution < 1.29 is 23.5 Å². The minimum atomic E-state index is -0.925. The highest BCUT2D eigenvalue weighted by molar-refractivity contribution is 7.10. The molecule has 0 spiro atoms. The fourth-order valence-electron chi connectivity index (χ4n) is 4.69. The molecule has 194 valence electrons. The number of carbonyl (C=O) groups excluding carboxylic acids is 3. The van der Waals surface area contributed by atoms with E-state index in [4.69, 9.17) is 4.74 Å². The fourth-order valence-corrected chi connectivity index (χ4v) is 5.39. The number of thiophene rings is 1. The number of amides is 2. The normalized spacial score (nSPS) is 14.5. The maximum absolute atomic E-state index is 13.8. The molecule has 4 rings (SSSR count). The zero-order valence-corrected chi connectivity index (χ0v) is 21.6. The van der Waals surface area contributed by atoms with E-state index < -0.39 is 12.0 Å². The second kappa shape index (κ2) is 12.6. The van der Waals surface area contributed by atoms with Gasteiger partial charge in [-0.1, -0.05) is 49.6 Å². The summed E-state index contributed by atoms with van der Waals surface area (Å²) >= 11 is 1.48. The first-order valence-corrected chi connectivity index (χ1v) is 13.4. The molecule has 2 amide bonds. The summed E-state index contributed by atoms with van der Waals surface area (Å²) in [7, 11) is 1.31.